The third-order valence-electron chi connectivity index (χ3n) is 6.92. The Morgan fingerprint density at radius 3 is 2.06 bits per heavy atom. The molecule has 0 radical (unpaired) electrons. The first-order chi connectivity index (χ1) is 16.4. The first kappa shape index (κ1) is 25.2. The van der Waals surface area contributed by atoms with Gasteiger partial charge in [0.2, 0.25) is 11.8 Å². The third-order valence-corrected chi connectivity index (χ3v) is 11.2. The summed E-state index contributed by atoms with van der Waals surface area (Å²) in [5.74, 6) is -4.25. The predicted octanol–water partition coefficient (Wildman–Crippen LogP) is 6.45. The highest BCUT2D eigenvalue weighted by Gasteiger charge is 2.87. The van der Waals surface area contributed by atoms with Gasteiger partial charge >= 0.3 is 0 Å². The number of fused-ring (bicyclic) bond motifs is 5. The van der Waals surface area contributed by atoms with Crippen LogP contribution in [0.15, 0.2) is 58.6 Å². The van der Waals surface area contributed by atoms with Crippen molar-refractivity contribution in [2.24, 2.45) is 11.8 Å². The predicted molar refractivity (Wildman–Crippen MR) is 140 cm³/mol. The molecule has 182 valence electrons. The van der Waals surface area contributed by atoms with E-state index in [4.69, 9.17) is 69.6 Å². The second-order valence-corrected chi connectivity index (χ2v) is 11.9. The summed E-state index contributed by atoms with van der Waals surface area (Å²) in [7, 11) is 0. The van der Waals surface area contributed by atoms with Crippen molar-refractivity contribution in [2.75, 3.05) is 10.2 Å². The van der Waals surface area contributed by atoms with Crippen molar-refractivity contribution in [1.82, 2.24) is 0 Å². The van der Waals surface area contributed by atoms with E-state index in [0.717, 1.165) is 16.9 Å². The lowest BCUT2D eigenvalue weighted by molar-refractivity contribution is -0.123. The van der Waals surface area contributed by atoms with Crippen molar-refractivity contribution < 1.29 is 14.4 Å². The highest BCUT2D eigenvalue weighted by atomic mass is 35.5. The average Bonchev–Trinajstić information content (AvgIpc) is 3.23. The van der Waals surface area contributed by atoms with E-state index in [1.807, 2.05) is 25.1 Å². The number of alkyl halides is 4. The largest absolute Gasteiger partial charge is 0.322 e. The molecule has 1 saturated heterocycles. The first-order valence-corrected chi connectivity index (χ1v) is 12.9. The summed E-state index contributed by atoms with van der Waals surface area (Å²) >= 11 is 39.2. The number of benzene rings is 2. The quantitative estimate of drug-likeness (QED) is 0.328. The molecular formula is C24H16Cl6N2O3. The van der Waals surface area contributed by atoms with Crippen LogP contribution in [0.4, 0.5) is 11.4 Å². The molecule has 1 aliphatic heterocycles. The molecule has 11 heteroatoms. The number of imide groups is 1. The fourth-order valence-corrected chi connectivity index (χ4v) is 8.11. The molecule has 5 nitrogen and oxygen atoms in total. The summed E-state index contributed by atoms with van der Waals surface area (Å²) in [5.41, 5.74) is 2.06. The zero-order chi connectivity index (χ0) is 25.5. The monoisotopic (exact) mass is 590 g/mol. The Kier molecular flexibility index (Phi) is 5.95. The van der Waals surface area contributed by atoms with Gasteiger partial charge < -0.3 is 5.32 Å². The number of nitrogens with zero attached hydrogens (tertiary/aromatic N) is 1. The Labute approximate surface area is 231 Å². The molecule has 2 bridgehead atoms. The lowest BCUT2D eigenvalue weighted by atomic mass is 9.84. The van der Waals surface area contributed by atoms with Crippen molar-refractivity contribution in [1.29, 1.82) is 0 Å². The molecule has 3 aliphatic rings. The van der Waals surface area contributed by atoms with Crippen molar-refractivity contribution >= 4 is 98.7 Å². The van der Waals surface area contributed by atoms with E-state index in [9.17, 15) is 14.4 Å². The number of carbonyl (C=O) groups excluding carboxylic acids is 3. The molecule has 2 aliphatic carbocycles. The number of amides is 3. The SMILES string of the molecule is CCc1ccccc1NC(=O)c1cccc(N2C(=O)[C@H]3[C@H](C2=O)[C@@]2(Cl)C(Cl)=C(Cl)[C@@]3(Cl)C2(Cl)Cl)c1. The van der Waals surface area contributed by atoms with E-state index in [0.29, 0.717) is 5.69 Å². The van der Waals surface area contributed by atoms with E-state index in [1.165, 1.54) is 12.1 Å². The molecule has 2 aromatic rings. The molecule has 1 saturated carbocycles. The van der Waals surface area contributed by atoms with Gasteiger partial charge in [-0.15, -0.1) is 23.2 Å². The number of rotatable bonds is 4. The van der Waals surface area contributed by atoms with E-state index in [2.05, 4.69) is 5.32 Å². The number of nitrogens with one attached hydrogen (secondary N) is 1. The third kappa shape index (κ3) is 3.06. The van der Waals surface area contributed by atoms with E-state index in [-0.39, 0.29) is 21.3 Å². The number of carbonyl (C=O) groups is 3. The van der Waals surface area contributed by atoms with E-state index < -0.39 is 43.6 Å². The van der Waals surface area contributed by atoms with Crippen molar-refractivity contribution in [3.63, 3.8) is 0 Å². The Morgan fingerprint density at radius 2 is 1.49 bits per heavy atom. The van der Waals surface area contributed by atoms with Crippen LogP contribution >= 0.6 is 69.6 Å². The van der Waals surface area contributed by atoms with E-state index in [1.54, 1.807) is 18.2 Å². The van der Waals surface area contributed by atoms with Gasteiger partial charge in [-0.25, -0.2) is 4.90 Å². The molecule has 35 heavy (non-hydrogen) atoms. The van der Waals surface area contributed by atoms with Gasteiger partial charge in [-0.05, 0) is 36.2 Å². The molecular weight excluding hydrogens is 577 g/mol. The number of allylic oxidation sites excluding steroid dienone is 2. The Balaban J connectivity index is 1.50. The number of hydrogen-bond donors (Lipinski definition) is 1. The Hall–Kier alpha value is -1.47. The van der Waals surface area contributed by atoms with Crippen molar-refractivity contribution in [3.05, 3.63) is 69.7 Å². The molecule has 0 spiro atoms. The minimum atomic E-state index is -2.00. The molecule has 0 aromatic heterocycles. The minimum absolute atomic E-state index is 0.159. The fourth-order valence-electron chi connectivity index (χ4n) is 5.18. The van der Waals surface area contributed by atoms with Gasteiger partial charge in [0.1, 0.15) is 9.75 Å². The normalized spacial score (nSPS) is 30.8. The maximum absolute atomic E-state index is 13.6. The number of halogens is 6. The lowest BCUT2D eigenvalue weighted by Crippen LogP contribution is -2.50. The number of aryl methyl sites for hydroxylation is 1. The fraction of sp³-hybridized carbons (Fsp3) is 0.292. The van der Waals surface area contributed by atoms with Crippen LogP contribution in [-0.4, -0.2) is 31.8 Å². The van der Waals surface area contributed by atoms with Crippen LogP contribution in [0.3, 0.4) is 0 Å². The van der Waals surface area contributed by atoms with Gasteiger partial charge in [0.25, 0.3) is 5.91 Å². The molecule has 3 amide bonds. The molecule has 0 unspecified atom stereocenters. The Morgan fingerprint density at radius 1 is 0.914 bits per heavy atom. The van der Waals surface area contributed by atoms with Crippen LogP contribution in [0.2, 0.25) is 0 Å². The van der Waals surface area contributed by atoms with Gasteiger partial charge in [-0.3, -0.25) is 14.4 Å². The minimum Gasteiger partial charge on any atom is -0.322 e. The van der Waals surface area contributed by atoms with Crippen LogP contribution in [0.1, 0.15) is 22.8 Å². The average molecular weight is 593 g/mol. The van der Waals surface area contributed by atoms with Crippen LogP contribution in [-0.2, 0) is 16.0 Å². The smallest absolute Gasteiger partial charge is 0.255 e. The maximum atomic E-state index is 13.6. The van der Waals surface area contributed by atoms with Crippen LogP contribution in [0.5, 0.6) is 0 Å². The van der Waals surface area contributed by atoms with E-state index >= 15 is 0 Å². The summed E-state index contributed by atoms with van der Waals surface area (Å²) in [4.78, 5) is 37.2. The summed E-state index contributed by atoms with van der Waals surface area (Å²) in [6.45, 7) is 1.98. The maximum Gasteiger partial charge on any atom is 0.255 e. The molecule has 2 fully saturated rings. The van der Waals surface area contributed by atoms with Gasteiger partial charge in [-0.1, -0.05) is 77.6 Å². The zero-order valence-electron chi connectivity index (χ0n) is 17.9. The summed E-state index contributed by atoms with van der Waals surface area (Å²) in [6.07, 6.45) is 0.734. The first-order valence-electron chi connectivity index (χ1n) is 10.6. The molecule has 1 N–H and O–H groups in total. The van der Waals surface area contributed by atoms with Crippen LogP contribution in [0.25, 0.3) is 0 Å². The molecule has 2 aromatic carbocycles. The molecule has 5 rings (SSSR count). The topological polar surface area (TPSA) is 66.5 Å². The Bertz CT molecular complexity index is 1300. The molecule has 1 heterocycles. The van der Waals surface area contributed by atoms with Crippen LogP contribution < -0.4 is 10.2 Å². The summed E-state index contributed by atoms with van der Waals surface area (Å²) < 4.78 is -2.00. The standard InChI is InChI=1S/C24H16Cl6N2O3/c1-2-11-6-3-4-9-14(11)31-19(33)12-7-5-8-13(10-12)32-20(34)15-16(21(32)35)23(28)18(26)17(25)22(15,27)24(23,29)30/h3-10,15-16H,2H2,1H3,(H,31,33)/t15-,16-,22-,23-/m1/s1. The van der Waals surface area contributed by atoms with Crippen LogP contribution in [0, 0.1) is 11.8 Å². The highest BCUT2D eigenvalue weighted by molar-refractivity contribution is 6.67. The molecule has 4 atom stereocenters. The number of anilines is 2. The van der Waals surface area contributed by atoms with Gasteiger partial charge in [0.05, 0.1) is 27.6 Å². The van der Waals surface area contributed by atoms with Crippen molar-refractivity contribution in [3.8, 4) is 0 Å². The van der Waals surface area contributed by atoms with Gasteiger partial charge in [-0.2, -0.15) is 0 Å². The van der Waals surface area contributed by atoms with Gasteiger partial charge in [0, 0.05) is 11.3 Å². The second-order valence-electron chi connectivity index (χ2n) is 8.61. The number of para-hydroxylation sites is 1. The highest BCUT2D eigenvalue weighted by Crippen LogP contribution is 2.77. The lowest BCUT2D eigenvalue weighted by Gasteiger charge is -2.34. The van der Waals surface area contributed by atoms with Crippen molar-refractivity contribution in [2.45, 2.75) is 27.4 Å². The summed E-state index contributed by atoms with van der Waals surface area (Å²) in [6, 6.07) is 13.5. The zero-order valence-corrected chi connectivity index (χ0v) is 22.5. The van der Waals surface area contributed by atoms with Gasteiger partial charge in [0.15, 0.2) is 4.33 Å². The summed E-state index contributed by atoms with van der Waals surface area (Å²) in [5, 5.41) is 2.55. The second kappa shape index (κ2) is 8.27. The number of hydrogen-bond acceptors (Lipinski definition) is 3.